The van der Waals surface area contributed by atoms with Gasteiger partial charge in [-0.3, -0.25) is 4.79 Å². The van der Waals surface area contributed by atoms with Crippen LogP contribution in [0.25, 0.3) is 0 Å². The number of amides is 2. The fraction of sp³-hybridized carbons (Fsp3) is 0.125. The van der Waals surface area contributed by atoms with E-state index in [1.807, 2.05) is 0 Å². The van der Waals surface area contributed by atoms with E-state index in [-0.39, 0.29) is 12.3 Å². The smallest absolute Gasteiger partial charge is 0.421 e. The van der Waals surface area contributed by atoms with Crippen molar-refractivity contribution in [2.45, 2.75) is 0 Å². The van der Waals surface area contributed by atoms with E-state index in [0.717, 1.165) is 17.2 Å². The van der Waals surface area contributed by atoms with Crippen molar-refractivity contribution in [3.63, 3.8) is 0 Å². The maximum absolute atomic E-state index is 12.4. The third-order valence-corrected chi connectivity index (χ3v) is 1.72. The summed E-state index contributed by atoms with van der Waals surface area (Å²) < 4.78 is 16.9. The molecule has 0 radical (unpaired) electrons. The van der Waals surface area contributed by atoms with Crippen molar-refractivity contribution in [1.29, 1.82) is 0 Å². The molecule has 1 aromatic rings. The molecule has 1 fully saturated rings. The number of anilines is 1. The third kappa shape index (κ3) is 1.30. The van der Waals surface area contributed by atoms with Crippen LogP contribution < -0.4 is 4.90 Å². The summed E-state index contributed by atoms with van der Waals surface area (Å²) in [5.74, 6) is -1.16. The van der Waals surface area contributed by atoms with E-state index in [9.17, 15) is 14.0 Å². The molecule has 0 aliphatic carbocycles. The van der Waals surface area contributed by atoms with E-state index in [0.29, 0.717) is 0 Å². The molecule has 0 N–H and O–H groups in total. The standard InChI is InChI=1S/C8H5FN2O3/c9-6-2-1-5(3-10-6)11-7(12)4-14-8(11)13/h1-3H,4H2. The molecule has 1 aliphatic heterocycles. The average molecular weight is 196 g/mol. The molecule has 6 heteroatoms. The Morgan fingerprint density at radius 3 is 2.71 bits per heavy atom. The van der Waals surface area contributed by atoms with Crippen molar-refractivity contribution in [1.82, 2.24) is 4.98 Å². The number of rotatable bonds is 1. The molecule has 2 amide bonds. The molecule has 0 atom stereocenters. The zero-order valence-electron chi connectivity index (χ0n) is 6.94. The summed E-state index contributed by atoms with van der Waals surface area (Å²) in [5.41, 5.74) is 0.207. The van der Waals surface area contributed by atoms with E-state index in [2.05, 4.69) is 9.72 Å². The van der Waals surface area contributed by atoms with Gasteiger partial charge in [-0.2, -0.15) is 4.39 Å². The summed E-state index contributed by atoms with van der Waals surface area (Å²) in [4.78, 5) is 26.3. The Hall–Kier alpha value is -1.98. The minimum atomic E-state index is -0.761. The molecule has 1 aromatic heterocycles. The van der Waals surface area contributed by atoms with E-state index < -0.39 is 17.9 Å². The van der Waals surface area contributed by atoms with Gasteiger partial charge in [-0.1, -0.05) is 0 Å². The number of hydrogen-bond donors (Lipinski definition) is 0. The maximum Gasteiger partial charge on any atom is 0.421 e. The second-order valence-corrected chi connectivity index (χ2v) is 2.62. The van der Waals surface area contributed by atoms with Crippen molar-refractivity contribution in [3.8, 4) is 0 Å². The van der Waals surface area contributed by atoms with Gasteiger partial charge in [0.15, 0.2) is 6.61 Å². The van der Waals surface area contributed by atoms with Crippen molar-refractivity contribution >= 4 is 17.7 Å². The lowest BCUT2D eigenvalue weighted by atomic mass is 10.4. The molecular formula is C8H5FN2O3. The van der Waals surface area contributed by atoms with Gasteiger partial charge in [-0.05, 0) is 12.1 Å². The highest BCUT2D eigenvalue weighted by atomic mass is 19.1. The molecule has 0 spiro atoms. The summed E-state index contributed by atoms with van der Waals surface area (Å²) in [5, 5.41) is 0. The summed E-state index contributed by atoms with van der Waals surface area (Å²) in [6.45, 7) is -0.282. The lowest BCUT2D eigenvalue weighted by Gasteiger charge is -2.08. The monoisotopic (exact) mass is 196 g/mol. The number of carbonyl (C=O) groups excluding carboxylic acids is 2. The van der Waals surface area contributed by atoms with Crippen molar-refractivity contribution in [2.75, 3.05) is 11.5 Å². The Morgan fingerprint density at radius 2 is 2.21 bits per heavy atom. The quantitative estimate of drug-likeness (QED) is 0.620. The lowest BCUT2D eigenvalue weighted by Crippen LogP contribution is -2.28. The minimum Gasteiger partial charge on any atom is -0.439 e. The van der Waals surface area contributed by atoms with Gasteiger partial charge in [0.1, 0.15) is 0 Å². The normalized spacial score (nSPS) is 15.9. The Morgan fingerprint density at radius 1 is 1.43 bits per heavy atom. The Bertz CT molecular complexity index is 374. The van der Waals surface area contributed by atoms with Gasteiger partial charge in [0.25, 0.3) is 5.91 Å². The lowest BCUT2D eigenvalue weighted by molar-refractivity contribution is -0.117. The molecule has 5 nitrogen and oxygen atoms in total. The number of imide groups is 1. The first-order valence-electron chi connectivity index (χ1n) is 3.80. The number of cyclic esters (lactones) is 1. The van der Waals surface area contributed by atoms with Crippen LogP contribution in [-0.4, -0.2) is 23.6 Å². The van der Waals surface area contributed by atoms with Crippen LogP contribution in [0.1, 0.15) is 0 Å². The Kier molecular flexibility index (Phi) is 1.88. The van der Waals surface area contributed by atoms with E-state index in [1.165, 1.54) is 6.07 Å². The summed E-state index contributed by atoms with van der Waals surface area (Å²) in [7, 11) is 0. The molecule has 1 saturated heterocycles. The first-order valence-corrected chi connectivity index (χ1v) is 3.80. The number of halogens is 1. The number of carbonyl (C=O) groups is 2. The predicted octanol–water partition coefficient (Wildman–Crippen LogP) is 0.704. The third-order valence-electron chi connectivity index (χ3n) is 1.72. The molecular weight excluding hydrogens is 191 g/mol. The number of aromatic nitrogens is 1. The summed E-state index contributed by atoms with van der Waals surface area (Å²) in [6, 6.07) is 2.35. The van der Waals surface area contributed by atoms with Gasteiger partial charge in [0.2, 0.25) is 5.95 Å². The van der Waals surface area contributed by atoms with Crippen LogP contribution in [0.4, 0.5) is 14.9 Å². The Labute approximate surface area is 78.1 Å². The molecule has 2 heterocycles. The van der Waals surface area contributed by atoms with Crippen LogP contribution in [-0.2, 0) is 9.53 Å². The molecule has 0 unspecified atom stereocenters. The SMILES string of the molecule is O=C1COC(=O)N1c1ccc(F)nc1. The van der Waals surface area contributed by atoms with Crippen LogP contribution >= 0.6 is 0 Å². The van der Waals surface area contributed by atoms with Crippen LogP contribution in [0.5, 0.6) is 0 Å². The van der Waals surface area contributed by atoms with Gasteiger partial charge < -0.3 is 4.74 Å². The topological polar surface area (TPSA) is 59.5 Å². The molecule has 0 aromatic carbocycles. The number of pyridine rings is 1. The minimum absolute atomic E-state index is 0.207. The van der Waals surface area contributed by atoms with Gasteiger partial charge in [-0.25, -0.2) is 14.7 Å². The highest BCUT2D eigenvalue weighted by Crippen LogP contribution is 2.17. The van der Waals surface area contributed by atoms with Gasteiger partial charge >= 0.3 is 6.09 Å². The molecule has 0 bridgehead atoms. The van der Waals surface area contributed by atoms with Crippen molar-refractivity contribution < 1.29 is 18.7 Å². The molecule has 1 aliphatic rings. The molecule has 72 valence electrons. The second kappa shape index (κ2) is 3.06. The van der Waals surface area contributed by atoms with E-state index in [1.54, 1.807) is 0 Å². The zero-order chi connectivity index (χ0) is 10.1. The molecule has 2 rings (SSSR count). The first-order chi connectivity index (χ1) is 6.68. The summed E-state index contributed by atoms with van der Waals surface area (Å²) in [6.07, 6.45) is 0.336. The number of ether oxygens (including phenoxy) is 1. The highest BCUT2D eigenvalue weighted by molar-refractivity contribution is 6.16. The average Bonchev–Trinajstić information content (AvgIpc) is 2.49. The molecule has 0 saturated carbocycles. The first kappa shape index (κ1) is 8.61. The zero-order valence-corrected chi connectivity index (χ0v) is 6.94. The van der Waals surface area contributed by atoms with Crippen LogP contribution in [0.3, 0.4) is 0 Å². The van der Waals surface area contributed by atoms with E-state index >= 15 is 0 Å². The summed E-state index contributed by atoms with van der Waals surface area (Å²) >= 11 is 0. The largest absolute Gasteiger partial charge is 0.439 e. The van der Waals surface area contributed by atoms with Gasteiger partial charge in [0, 0.05) is 0 Å². The maximum atomic E-state index is 12.4. The second-order valence-electron chi connectivity index (χ2n) is 2.62. The van der Waals surface area contributed by atoms with Crippen LogP contribution in [0, 0.1) is 5.95 Å². The van der Waals surface area contributed by atoms with Crippen molar-refractivity contribution in [3.05, 3.63) is 24.3 Å². The number of nitrogens with zero attached hydrogens (tertiary/aromatic N) is 2. The van der Waals surface area contributed by atoms with E-state index in [4.69, 9.17) is 0 Å². The number of hydrogen-bond acceptors (Lipinski definition) is 4. The fourth-order valence-corrected chi connectivity index (χ4v) is 1.10. The highest BCUT2D eigenvalue weighted by Gasteiger charge is 2.32. The van der Waals surface area contributed by atoms with Crippen LogP contribution in [0.15, 0.2) is 18.3 Å². The van der Waals surface area contributed by atoms with Crippen LogP contribution in [0.2, 0.25) is 0 Å². The van der Waals surface area contributed by atoms with Gasteiger partial charge in [-0.15, -0.1) is 0 Å². The fourth-order valence-electron chi connectivity index (χ4n) is 1.10. The van der Waals surface area contributed by atoms with Gasteiger partial charge in [0.05, 0.1) is 11.9 Å². The Balaban J connectivity index is 2.34. The predicted molar refractivity (Wildman–Crippen MR) is 43.0 cm³/mol. The molecule has 14 heavy (non-hydrogen) atoms. The van der Waals surface area contributed by atoms with Crippen molar-refractivity contribution in [2.24, 2.45) is 0 Å².